The van der Waals surface area contributed by atoms with Crippen LogP contribution in [0.15, 0.2) is 93.5 Å². The predicted octanol–water partition coefficient (Wildman–Crippen LogP) is 12.9. The van der Waals surface area contributed by atoms with Gasteiger partial charge in [-0.05, 0) is 65.8 Å². The fourth-order valence-electron chi connectivity index (χ4n) is 5.36. The van der Waals surface area contributed by atoms with E-state index in [2.05, 4.69) is 107 Å². The lowest BCUT2D eigenvalue weighted by atomic mass is 9.87. The molecule has 0 amide bonds. The van der Waals surface area contributed by atoms with Crippen molar-refractivity contribution in [2.24, 2.45) is 0 Å². The van der Waals surface area contributed by atoms with E-state index in [-0.39, 0.29) is 16.3 Å². The van der Waals surface area contributed by atoms with E-state index in [4.69, 9.17) is 0 Å². The van der Waals surface area contributed by atoms with Crippen LogP contribution < -0.4 is 0 Å². The predicted molar refractivity (Wildman–Crippen MR) is 191 cm³/mol. The molecular weight excluding hydrogens is 752 g/mol. The van der Waals surface area contributed by atoms with Gasteiger partial charge >= 0.3 is 23.3 Å². The standard InChI is InChI=1S/C35H49S.C4HF9O3S/c1-5-6-7-8-9-10-11-12-13-14-16-19-30-22-26-33(27-23-30)36(32-20-17-15-18-21-32)34-28-24-31(25-29-34)35(2,3)4;5-1(6,3(9,10)11)2(7,8)4(12,13)17(14,15)16/h15,17-18,20-29H,5-14,16,19H2,1-4H3;(H,14,15,16)/q+1;/p-1. The molecule has 0 heterocycles. The van der Waals surface area contributed by atoms with Crippen LogP contribution in [0.1, 0.15) is 109 Å². The van der Waals surface area contributed by atoms with Gasteiger partial charge in [0.2, 0.25) is 0 Å². The highest BCUT2D eigenvalue weighted by Crippen LogP contribution is 2.54. The third kappa shape index (κ3) is 12.9. The molecule has 14 heteroatoms. The largest absolute Gasteiger partial charge is 0.743 e. The third-order valence-electron chi connectivity index (χ3n) is 8.59. The summed E-state index contributed by atoms with van der Waals surface area (Å²) in [6.45, 7) is 9.15. The molecule has 1 atom stereocenters. The number of benzene rings is 3. The van der Waals surface area contributed by atoms with Gasteiger partial charge in [-0.15, -0.1) is 0 Å². The first-order valence-electron chi connectivity index (χ1n) is 17.6. The minimum Gasteiger partial charge on any atom is -0.743 e. The molecule has 0 fully saturated rings. The van der Waals surface area contributed by atoms with Crippen molar-refractivity contribution in [2.45, 2.75) is 148 Å². The second-order valence-corrected chi connectivity index (χ2v) is 17.4. The van der Waals surface area contributed by atoms with Crippen LogP contribution in [-0.4, -0.2) is 36.2 Å². The molecule has 0 radical (unpaired) electrons. The van der Waals surface area contributed by atoms with Gasteiger partial charge in [0.15, 0.2) is 24.8 Å². The van der Waals surface area contributed by atoms with E-state index in [0.717, 1.165) is 0 Å². The fourth-order valence-corrected chi connectivity index (χ4v) is 7.86. The lowest BCUT2D eigenvalue weighted by Gasteiger charge is -2.34. The topological polar surface area (TPSA) is 57.2 Å². The summed E-state index contributed by atoms with van der Waals surface area (Å²) in [4.78, 5) is 4.19. The van der Waals surface area contributed by atoms with Gasteiger partial charge in [-0.2, -0.15) is 39.5 Å². The highest BCUT2D eigenvalue weighted by Gasteiger charge is 2.83. The maximum Gasteiger partial charge on any atom is 0.460 e. The molecule has 0 aliphatic carbocycles. The molecule has 298 valence electrons. The van der Waals surface area contributed by atoms with E-state index >= 15 is 0 Å². The maximum atomic E-state index is 12.2. The molecule has 0 saturated carbocycles. The monoisotopic (exact) mass is 800 g/mol. The van der Waals surface area contributed by atoms with Gasteiger partial charge in [0.05, 0.1) is 10.9 Å². The molecule has 0 spiro atoms. The van der Waals surface area contributed by atoms with Crippen LogP contribution in [0.25, 0.3) is 0 Å². The summed E-state index contributed by atoms with van der Waals surface area (Å²) in [6, 6.07) is 29.8. The van der Waals surface area contributed by atoms with Crippen molar-refractivity contribution in [1.29, 1.82) is 0 Å². The molecule has 0 saturated heterocycles. The first kappa shape index (κ1) is 46.4. The second-order valence-electron chi connectivity index (χ2n) is 13.9. The maximum absolute atomic E-state index is 12.2. The second kappa shape index (κ2) is 19.7. The number of rotatable bonds is 18. The highest BCUT2D eigenvalue weighted by atomic mass is 32.2. The van der Waals surface area contributed by atoms with Crippen LogP contribution in [0.5, 0.6) is 0 Å². The average Bonchev–Trinajstić information content (AvgIpc) is 3.07. The Kier molecular flexibility index (Phi) is 17.3. The Hall–Kier alpha value is -2.71. The smallest absolute Gasteiger partial charge is 0.460 e. The van der Waals surface area contributed by atoms with Gasteiger partial charge in [-0.1, -0.05) is 134 Å². The number of hydrogen-bond donors (Lipinski definition) is 0. The Labute approximate surface area is 310 Å². The molecule has 0 bridgehead atoms. The van der Waals surface area contributed by atoms with E-state index in [1.165, 1.54) is 103 Å². The van der Waals surface area contributed by atoms with Crippen molar-refractivity contribution in [1.82, 2.24) is 0 Å². The SMILES string of the molecule is CCCCCCCCCCCCCc1ccc([S+](c2ccccc2)c2ccc(C(C)(C)C)cc2)cc1.O=S(=O)([O-])C(F)(F)C(F)(F)C(F)(F)C(F)(F)F. The van der Waals surface area contributed by atoms with E-state index < -0.39 is 33.4 Å². The van der Waals surface area contributed by atoms with Crippen molar-refractivity contribution >= 4 is 21.0 Å². The molecule has 1 unspecified atom stereocenters. The van der Waals surface area contributed by atoms with Crippen LogP contribution >= 0.6 is 0 Å². The normalized spacial score (nSPS) is 13.7. The van der Waals surface area contributed by atoms with Gasteiger partial charge in [-0.3, -0.25) is 0 Å². The third-order valence-corrected chi connectivity index (χ3v) is 11.7. The van der Waals surface area contributed by atoms with Crippen molar-refractivity contribution in [3.05, 3.63) is 90.0 Å². The van der Waals surface area contributed by atoms with Crippen molar-refractivity contribution < 1.29 is 52.5 Å². The van der Waals surface area contributed by atoms with E-state index in [0.29, 0.717) is 0 Å². The van der Waals surface area contributed by atoms with Crippen molar-refractivity contribution in [3.8, 4) is 0 Å². The van der Waals surface area contributed by atoms with Crippen molar-refractivity contribution in [2.75, 3.05) is 0 Å². The molecule has 0 aliphatic rings. The van der Waals surface area contributed by atoms with E-state index in [1.54, 1.807) is 0 Å². The quantitative estimate of drug-likeness (QED) is 0.0557. The van der Waals surface area contributed by atoms with Gasteiger partial charge in [0.25, 0.3) is 0 Å². The van der Waals surface area contributed by atoms with Crippen LogP contribution in [-0.2, 0) is 32.8 Å². The summed E-state index contributed by atoms with van der Waals surface area (Å²) in [5.41, 5.74) is 3.05. The number of halogens is 9. The Balaban J connectivity index is 0.000000482. The summed E-state index contributed by atoms with van der Waals surface area (Å²) in [5.74, 6) is -14.8. The fraction of sp³-hybridized carbons (Fsp3) is 0.538. The average molecular weight is 801 g/mol. The summed E-state index contributed by atoms with van der Waals surface area (Å²) < 4.78 is 135. The van der Waals surface area contributed by atoms with Crippen LogP contribution in [0.3, 0.4) is 0 Å². The zero-order valence-electron chi connectivity index (χ0n) is 30.4. The Morgan fingerprint density at radius 3 is 1.34 bits per heavy atom. The van der Waals surface area contributed by atoms with Gasteiger partial charge in [0.1, 0.15) is 0 Å². The number of hydrogen-bond acceptors (Lipinski definition) is 3. The van der Waals surface area contributed by atoms with Gasteiger partial charge in [-0.25, -0.2) is 8.42 Å². The van der Waals surface area contributed by atoms with Gasteiger partial charge < -0.3 is 4.55 Å². The van der Waals surface area contributed by atoms with E-state index in [1.807, 2.05) is 0 Å². The van der Waals surface area contributed by atoms with Crippen molar-refractivity contribution in [3.63, 3.8) is 0 Å². The zero-order chi connectivity index (χ0) is 40.1. The molecule has 3 aromatic rings. The number of alkyl halides is 9. The summed E-state index contributed by atoms with van der Waals surface area (Å²) in [5, 5.41) is -7.11. The number of aryl methyl sites for hydroxylation is 1. The zero-order valence-corrected chi connectivity index (χ0v) is 32.1. The Bertz CT molecular complexity index is 1610. The molecule has 3 aromatic carbocycles. The minimum atomic E-state index is -7.43. The first-order chi connectivity index (χ1) is 24.5. The van der Waals surface area contributed by atoms with Crippen LogP contribution in [0.4, 0.5) is 39.5 Å². The molecule has 3 nitrogen and oxygen atoms in total. The summed E-state index contributed by atoms with van der Waals surface area (Å²) in [7, 11) is -7.49. The molecule has 53 heavy (non-hydrogen) atoms. The Morgan fingerprint density at radius 1 is 0.547 bits per heavy atom. The van der Waals surface area contributed by atoms with Gasteiger partial charge in [0, 0.05) is 0 Å². The first-order valence-corrected chi connectivity index (χ1v) is 20.3. The summed E-state index contributed by atoms with van der Waals surface area (Å²) in [6.07, 6.45) is 9.49. The lowest BCUT2D eigenvalue weighted by molar-refractivity contribution is -0.382. The molecular formula is C39H49F9O3S2. The summed E-state index contributed by atoms with van der Waals surface area (Å²) >= 11 is 0. The molecule has 0 aliphatic heterocycles. The number of unbranched alkanes of at least 4 members (excludes halogenated alkanes) is 10. The van der Waals surface area contributed by atoms with Crippen LogP contribution in [0, 0.1) is 0 Å². The Morgan fingerprint density at radius 2 is 0.943 bits per heavy atom. The molecule has 3 rings (SSSR count). The molecule has 0 aromatic heterocycles. The molecule has 0 N–H and O–H groups in total. The highest BCUT2D eigenvalue weighted by molar-refractivity contribution is 7.97. The van der Waals surface area contributed by atoms with Crippen LogP contribution in [0.2, 0.25) is 0 Å². The lowest BCUT2D eigenvalue weighted by Crippen LogP contribution is -2.63. The minimum absolute atomic E-state index is 0.0733. The van der Waals surface area contributed by atoms with E-state index in [9.17, 15) is 52.5 Å².